The van der Waals surface area contributed by atoms with Gasteiger partial charge in [-0.15, -0.1) is 0 Å². The lowest BCUT2D eigenvalue weighted by Crippen LogP contribution is -2.38. The zero-order chi connectivity index (χ0) is 14.6. The van der Waals surface area contributed by atoms with Crippen LogP contribution >= 0.6 is 0 Å². The van der Waals surface area contributed by atoms with Gasteiger partial charge in [0.1, 0.15) is 5.82 Å². The highest BCUT2D eigenvalue weighted by Gasteiger charge is 2.29. The Morgan fingerprint density at radius 1 is 1.25 bits per heavy atom. The van der Waals surface area contributed by atoms with Gasteiger partial charge in [-0.2, -0.15) is 0 Å². The molecule has 0 aliphatic carbocycles. The van der Waals surface area contributed by atoms with Gasteiger partial charge >= 0.3 is 0 Å². The first kappa shape index (κ1) is 15.2. The second-order valence-electron chi connectivity index (χ2n) is 6.78. The second kappa shape index (κ2) is 6.53. The van der Waals surface area contributed by atoms with E-state index in [1.54, 1.807) is 0 Å². The first-order valence-corrected chi connectivity index (χ1v) is 7.77. The molecule has 1 saturated heterocycles. The van der Waals surface area contributed by atoms with Crippen molar-refractivity contribution >= 4 is 5.82 Å². The van der Waals surface area contributed by atoms with Crippen molar-refractivity contribution in [3.05, 3.63) is 18.1 Å². The third-order valence-electron chi connectivity index (χ3n) is 4.27. The molecule has 0 unspecified atom stereocenters. The molecule has 20 heavy (non-hydrogen) atoms. The molecule has 1 aromatic heterocycles. The number of aromatic nitrogens is 2. The normalized spacial score (nSPS) is 17.5. The number of nitrogens with one attached hydrogen (secondary N) is 1. The average molecular weight is 276 g/mol. The molecule has 0 radical (unpaired) electrons. The predicted molar refractivity (Wildman–Crippen MR) is 83.8 cm³/mol. The van der Waals surface area contributed by atoms with Crippen molar-refractivity contribution < 1.29 is 0 Å². The summed E-state index contributed by atoms with van der Waals surface area (Å²) in [5.41, 5.74) is 1.45. The van der Waals surface area contributed by atoms with Gasteiger partial charge in [0, 0.05) is 25.8 Å². The van der Waals surface area contributed by atoms with E-state index in [-0.39, 0.29) is 0 Å². The number of rotatable bonds is 4. The fourth-order valence-corrected chi connectivity index (χ4v) is 2.86. The molecule has 0 bridgehead atoms. The Bertz CT molecular complexity index is 417. The van der Waals surface area contributed by atoms with Gasteiger partial charge in [-0.25, -0.2) is 4.98 Å². The van der Waals surface area contributed by atoms with Crippen LogP contribution in [0.5, 0.6) is 0 Å². The lowest BCUT2D eigenvalue weighted by Gasteiger charge is -2.39. The van der Waals surface area contributed by atoms with Crippen LogP contribution in [0.25, 0.3) is 0 Å². The number of piperidine rings is 1. The Balaban J connectivity index is 1.96. The first-order chi connectivity index (χ1) is 9.50. The molecule has 0 spiro atoms. The maximum Gasteiger partial charge on any atom is 0.147 e. The Morgan fingerprint density at radius 3 is 2.55 bits per heavy atom. The third-order valence-corrected chi connectivity index (χ3v) is 4.27. The zero-order valence-corrected chi connectivity index (χ0v) is 13.3. The SMILES string of the molecule is CCNCc1cncc(N2CCC(C(C)(C)C)CC2)n1. The molecule has 1 aromatic rings. The molecule has 0 atom stereocenters. The molecule has 0 amide bonds. The fourth-order valence-electron chi connectivity index (χ4n) is 2.86. The molecule has 4 heteroatoms. The van der Waals surface area contributed by atoms with Crippen LogP contribution in [0, 0.1) is 11.3 Å². The summed E-state index contributed by atoms with van der Waals surface area (Å²) in [5, 5.41) is 3.30. The minimum atomic E-state index is 0.421. The molecular weight excluding hydrogens is 248 g/mol. The highest BCUT2D eigenvalue weighted by atomic mass is 15.2. The fraction of sp³-hybridized carbons (Fsp3) is 0.750. The van der Waals surface area contributed by atoms with Gasteiger partial charge in [-0.1, -0.05) is 27.7 Å². The van der Waals surface area contributed by atoms with E-state index in [2.05, 4.69) is 42.9 Å². The minimum Gasteiger partial charge on any atom is -0.355 e. The van der Waals surface area contributed by atoms with E-state index in [4.69, 9.17) is 4.98 Å². The topological polar surface area (TPSA) is 41.1 Å². The van der Waals surface area contributed by atoms with E-state index in [1.165, 1.54) is 12.8 Å². The van der Waals surface area contributed by atoms with Crippen LogP contribution in [0.15, 0.2) is 12.4 Å². The Labute approximate surface area is 123 Å². The summed E-state index contributed by atoms with van der Waals surface area (Å²) >= 11 is 0. The van der Waals surface area contributed by atoms with E-state index >= 15 is 0 Å². The molecule has 1 aliphatic heterocycles. The van der Waals surface area contributed by atoms with Crippen molar-refractivity contribution in [1.29, 1.82) is 0 Å². The summed E-state index contributed by atoms with van der Waals surface area (Å²) in [4.78, 5) is 11.4. The zero-order valence-electron chi connectivity index (χ0n) is 13.3. The van der Waals surface area contributed by atoms with E-state index in [1.807, 2.05) is 12.4 Å². The van der Waals surface area contributed by atoms with Gasteiger partial charge in [0.2, 0.25) is 0 Å². The smallest absolute Gasteiger partial charge is 0.147 e. The predicted octanol–water partition coefficient (Wildman–Crippen LogP) is 2.85. The molecule has 4 nitrogen and oxygen atoms in total. The summed E-state index contributed by atoms with van der Waals surface area (Å²) in [6, 6.07) is 0. The summed E-state index contributed by atoms with van der Waals surface area (Å²) in [7, 11) is 0. The van der Waals surface area contributed by atoms with Crippen LogP contribution < -0.4 is 10.2 Å². The van der Waals surface area contributed by atoms with Gasteiger partial charge in [0.15, 0.2) is 0 Å². The van der Waals surface area contributed by atoms with Gasteiger partial charge in [0.25, 0.3) is 0 Å². The minimum absolute atomic E-state index is 0.421. The van der Waals surface area contributed by atoms with Gasteiger partial charge in [-0.05, 0) is 30.7 Å². The highest BCUT2D eigenvalue weighted by Crippen LogP contribution is 2.35. The van der Waals surface area contributed by atoms with Crippen LogP contribution in [-0.2, 0) is 6.54 Å². The van der Waals surface area contributed by atoms with Crippen LogP contribution in [0.2, 0.25) is 0 Å². The van der Waals surface area contributed by atoms with Crippen molar-refractivity contribution in [3.8, 4) is 0 Å². The maximum atomic E-state index is 4.72. The molecule has 1 aliphatic rings. The van der Waals surface area contributed by atoms with Crippen LogP contribution in [0.3, 0.4) is 0 Å². The Morgan fingerprint density at radius 2 is 1.95 bits per heavy atom. The van der Waals surface area contributed by atoms with Crippen molar-refractivity contribution in [2.45, 2.75) is 47.1 Å². The molecular formula is C16H28N4. The maximum absolute atomic E-state index is 4.72. The van der Waals surface area contributed by atoms with Gasteiger partial charge < -0.3 is 10.2 Å². The second-order valence-corrected chi connectivity index (χ2v) is 6.78. The highest BCUT2D eigenvalue weighted by molar-refractivity contribution is 5.36. The van der Waals surface area contributed by atoms with E-state index in [0.29, 0.717) is 5.41 Å². The van der Waals surface area contributed by atoms with Crippen LogP contribution in [0.4, 0.5) is 5.82 Å². The van der Waals surface area contributed by atoms with Gasteiger partial charge in [-0.3, -0.25) is 4.98 Å². The molecule has 0 aromatic carbocycles. The molecule has 2 heterocycles. The summed E-state index contributed by atoms with van der Waals surface area (Å²) in [5.74, 6) is 1.85. The number of anilines is 1. The summed E-state index contributed by atoms with van der Waals surface area (Å²) in [6.45, 7) is 13.1. The van der Waals surface area contributed by atoms with E-state index < -0.39 is 0 Å². The first-order valence-electron chi connectivity index (χ1n) is 7.77. The third kappa shape index (κ3) is 3.92. The monoisotopic (exact) mass is 276 g/mol. The standard InChI is InChI=1S/C16H28N4/c1-5-17-10-14-11-18-12-15(19-14)20-8-6-13(7-9-20)16(2,3)4/h11-13,17H,5-10H2,1-4H3. The van der Waals surface area contributed by atoms with Crippen LogP contribution in [-0.4, -0.2) is 29.6 Å². The summed E-state index contributed by atoms with van der Waals surface area (Å²) in [6.07, 6.45) is 6.26. The van der Waals surface area contributed by atoms with Crippen molar-refractivity contribution in [2.75, 3.05) is 24.5 Å². The van der Waals surface area contributed by atoms with Crippen molar-refractivity contribution in [2.24, 2.45) is 11.3 Å². The average Bonchev–Trinajstić information content (AvgIpc) is 2.45. The van der Waals surface area contributed by atoms with Crippen molar-refractivity contribution in [1.82, 2.24) is 15.3 Å². The molecule has 1 N–H and O–H groups in total. The molecule has 1 fully saturated rings. The van der Waals surface area contributed by atoms with E-state index in [9.17, 15) is 0 Å². The molecule has 0 saturated carbocycles. The lowest BCUT2D eigenvalue weighted by molar-refractivity contribution is 0.198. The number of hydrogen-bond donors (Lipinski definition) is 1. The van der Waals surface area contributed by atoms with Gasteiger partial charge in [0.05, 0.1) is 11.9 Å². The Kier molecular flexibility index (Phi) is 4.97. The largest absolute Gasteiger partial charge is 0.355 e. The molecule has 2 rings (SSSR count). The lowest BCUT2D eigenvalue weighted by atomic mass is 9.75. The molecule has 112 valence electrons. The van der Waals surface area contributed by atoms with Crippen molar-refractivity contribution in [3.63, 3.8) is 0 Å². The quantitative estimate of drug-likeness (QED) is 0.918. The number of nitrogens with zero attached hydrogens (tertiary/aromatic N) is 3. The number of hydrogen-bond acceptors (Lipinski definition) is 4. The Hall–Kier alpha value is -1.16. The van der Waals surface area contributed by atoms with E-state index in [0.717, 1.165) is 43.6 Å². The van der Waals surface area contributed by atoms with Crippen LogP contribution in [0.1, 0.15) is 46.2 Å². The summed E-state index contributed by atoms with van der Waals surface area (Å²) < 4.78 is 0.